The highest BCUT2D eigenvalue weighted by molar-refractivity contribution is 9.10. The number of hydrogen-bond donors (Lipinski definition) is 1. The summed E-state index contributed by atoms with van der Waals surface area (Å²) in [6.07, 6.45) is -0.256. The van der Waals surface area contributed by atoms with Crippen molar-refractivity contribution in [1.82, 2.24) is 0 Å². The number of aliphatic hydroxyl groups is 1. The normalized spacial score (nSPS) is 19.5. The van der Waals surface area contributed by atoms with E-state index in [9.17, 15) is 14.7 Å². The number of nitrogens with zero attached hydrogens (tertiary/aromatic N) is 1. The number of halogens is 2. The van der Waals surface area contributed by atoms with Crippen LogP contribution in [0.25, 0.3) is 0 Å². The molecule has 0 aromatic heterocycles. The van der Waals surface area contributed by atoms with E-state index < -0.39 is 11.5 Å². The van der Waals surface area contributed by atoms with Gasteiger partial charge in [-0.2, -0.15) is 0 Å². The summed E-state index contributed by atoms with van der Waals surface area (Å²) in [6, 6.07) is 12.5. The fourth-order valence-electron chi connectivity index (χ4n) is 3.01. The van der Waals surface area contributed by atoms with E-state index in [4.69, 9.17) is 11.6 Å². The molecule has 0 fully saturated rings. The van der Waals surface area contributed by atoms with Crippen molar-refractivity contribution >= 4 is 44.9 Å². The summed E-state index contributed by atoms with van der Waals surface area (Å²) < 4.78 is 0.732. The maximum absolute atomic E-state index is 12.9. The molecule has 1 heterocycles. The van der Waals surface area contributed by atoms with Gasteiger partial charge in [-0.1, -0.05) is 45.7 Å². The van der Waals surface area contributed by atoms with E-state index in [0.717, 1.165) is 10.0 Å². The number of benzene rings is 2. The van der Waals surface area contributed by atoms with Gasteiger partial charge in [-0.05, 0) is 36.8 Å². The Bertz CT molecular complexity index is 839. The van der Waals surface area contributed by atoms with Crippen LogP contribution >= 0.6 is 27.5 Å². The summed E-state index contributed by atoms with van der Waals surface area (Å²) in [5.41, 5.74) is -0.0453. The van der Waals surface area contributed by atoms with E-state index in [-0.39, 0.29) is 18.7 Å². The molecule has 0 saturated heterocycles. The van der Waals surface area contributed by atoms with Gasteiger partial charge >= 0.3 is 0 Å². The molecule has 2 aromatic carbocycles. The Morgan fingerprint density at radius 2 is 2.00 bits per heavy atom. The van der Waals surface area contributed by atoms with Gasteiger partial charge in [0.2, 0.25) is 0 Å². The smallest absolute Gasteiger partial charge is 0.264 e. The van der Waals surface area contributed by atoms with Gasteiger partial charge in [0, 0.05) is 21.5 Å². The van der Waals surface area contributed by atoms with Crippen LogP contribution in [0.15, 0.2) is 46.9 Å². The summed E-state index contributed by atoms with van der Waals surface area (Å²) in [6.45, 7) is 1.59. The van der Waals surface area contributed by atoms with E-state index in [0.29, 0.717) is 16.3 Å². The second-order valence-corrected chi connectivity index (χ2v) is 7.21. The van der Waals surface area contributed by atoms with E-state index in [2.05, 4.69) is 15.9 Å². The minimum absolute atomic E-state index is 0.230. The monoisotopic (exact) mass is 407 g/mol. The zero-order chi connectivity index (χ0) is 17.5. The lowest BCUT2D eigenvalue weighted by molar-refractivity contribution is -0.141. The van der Waals surface area contributed by atoms with E-state index in [1.807, 2.05) is 18.2 Å². The molecule has 24 heavy (non-hydrogen) atoms. The Morgan fingerprint density at radius 3 is 2.67 bits per heavy atom. The molecule has 1 aliphatic heterocycles. The minimum Gasteiger partial charge on any atom is -0.375 e. The average Bonchev–Trinajstić information content (AvgIpc) is 2.71. The number of Topliss-reactive ketones (excluding diaryl/α,β-unsaturated/α-hetero) is 1. The van der Waals surface area contributed by atoms with Crippen molar-refractivity contribution in [3.8, 4) is 0 Å². The predicted molar refractivity (Wildman–Crippen MR) is 96.0 cm³/mol. The average molecular weight is 409 g/mol. The van der Waals surface area contributed by atoms with Crippen LogP contribution in [0.3, 0.4) is 0 Å². The van der Waals surface area contributed by atoms with Crippen LogP contribution in [0.1, 0.15) is 24.5 Å². The zero-order valence-corrected chi connectivity index (χ0v) is 15.3. The number of amides is 1. The number of fused-ring (bicyclic) bond motifs is 1. The zero-order valence-electron chi connectivity index (χ0n) is 12.9. The summed E-state index contributed by atoms with van der Waals surface area (Å²) >= 11 is 9.55. The Hall–Kier alpha value is -1.69. The molecule has 1 aliphatic rings. The second-order valence-electron chi connectivity index (χ2n) is 5.88. The van der Waals surface area contributed by atoms with Crippen molar-refractivity contribution in [2.24, 2.45) is 0 Å². The number of carbonyl (C=O) groups is 2. The first kappa shape index (κ1) is 17.1. The fraction of sp³-hybridized carbons (Fsp3) is 0.222. The highest BCUT2D eigenvalue weighted by Gasteiger charge is 2.50. The molecule has 0 spiro atoms. The second kappa shape index (κ2) is 6.31. The molecule has 124 valence electrons. The number of anilines is 1. The lowest BCUT2D eigenvalue weighted by Crippen LogP contribution is -2.41. The lowest BCUT2D eigenvalue weighted by atomic mass is 9.90. The molecule has 4 nitrogen and oxygen atoms in total. The number of ketones is 1. The van der Waals surface area contributed by atoms with Gasteiger partial charge in [-0.3, -0.25) is 9.59 Å². The SMILES string of the molecule is CC(=O)CC1(O)C(=O)N(Cc2ccccc2Cl)c2ccc(Br)cc21. The molecule has 1 N–H and O–H groups in total. The molecule has 0 bridgehead atoms. The maximum Gasteiger partial charge on any atom is 0.264 e. The predicted octanol–water partition coefficient (Wildman–Crippen LogP) is 3.82. The highest BCUT2D eigenvalue weighted by Crippen LogP contribution is 2.44. The van der Waals surface area contributed by atoms with E-state index >= 15 is 0 Å². The third-order valence-electron chi connectivity index (χ3n) is 4.08. The topological polar surface area (TPSA) is 57.6 Å². The van der Waals surface area contributed by atoms with Gasteiger partial charge in [-0.25, -0.2) is 0 Å². The molecule has 0 radical (unpaired) electrons. The van der Waals surface area contributed by atoms with Crippen molar-refractivity contribution in [2.45, 2.75) is 25.5 Å². The van der Waals surface area contributed by atoms with Crippen LogP contribution in [0, 0.1) is 0 Å². The third-order valence-corrected chi connectivity index (χ3v) is 4.95. The third kappa shape index (κ3) is 2.88. The fourth-order valence-corrected chi connectivity index (χ4v) is 3.56. The van der Waals surface area contributed by atoms with Crippen molar-refractivity contribution < 1.29 is 14.7 Å². The first-order chi connectivity index (χ1) is 11.3. The Balaban J connectivity index is 2.08. The molecule has 2 aromatic rings. The van der Waals surface area contributed by atoms with E-state index in [1.54, 1.807) is 24.3 Å². The van der Waals surface area contributed by atoms with Gasteiger partial charge < -0.3 is 10.0 Å². The maximum atomic E-state index is 12.9. The molecular formula is C18H15BrClNO3. The molecule has 1 unspecified atom stereocenters. The van der Waals surface area contributed by atoms with Crippen LogP contribution in [0.4, 0.5) is 5.69 Å². The summed E-state index contributed by atoms with van der Waals surface area (Å²) in [4.78, 5) is 26.0. The molecular weight excluding hydrogens is 394 g/mol. The number of rotatable bonds is 4. The Labute approximate surface area is 153 Å². The Morgan fingerprint density at radius 1 is 1.29 bits per heavy atom. The molecule has 3 rings (SSSR count). The molecule has 6 heteroatoms. The molecule has 0 saturated carbocycles. The van der Waals surface area contributed by atoms with Crippen molar-refractivity contribution in [1.29, 1.82) is 0 Å². The van der Waals surface area contributed by atoms with Gasteiger partial charge in [0.05, 0.1) is 12.2 Å². The molecule has 1 amide bonds. The van der Waals surface area contributed by atoms with Crippen LogP contribution in [0.2, 0.25) is 5.02 Å². The van der Waals surface area contributed by atoms with Crippen molar-refractivity contribution in [3.05, 3.63) is 63.1 Å². The Kier molecular flexibility index (Phi) is 4.51. The quantitative estimate of drug-likeness (QED) is 0.837. The largest absolute Gasteiger partial charge is 0.375 e. The van der Waals surface area contributed by atoms with E-state index in [1.165, 1.54) is 11.8 Å². The minimum atomic E-state index is -1.84. The van der Waals surface area contributed by atoms with Crippen LogP contribution in [-0.4, -0.2) is 16.8 Å². The standard InChI is InChI=1S/C18H15BrClNO3/c1-11(22)9-18(24)14-8-13(19)6-7-16(14)21(17(18)23)10-12-4-2-3-5-15(12)20/h2-8,24H,9-10H2,1H3. The highest BCUT2D eigenvalue weighted by atomic mass is 79.9. The van der Waals surface area contributed by atoms with Crippen molar-refractivity contribution in [2.75, 3.05) is 4.90 Å². The van der Waals surface area contributed by atoms with Crippen LogP contribution in [0.5, 0.6) is 0 Å². The summed E-state index contributed by atoms with van der Waals surface area (Å²) in [7, 11) is 0. The van der Waals surface area contributed by atoms with Crippen LogP contribution < -0.4 is 4.90 Å². The van der Waals surface area contributed by atoms with Gasteiger partial charge in [-0.15, -0.1) is 0 Å². The number of hydrogen-bond acceptors (Lipinski definition) is 3. The number of carbonyl (C=O) groups excluding carboxylic acids is 2. The first-order valence-corrected chi connectivity index (χ1v) is 8.57. The summed E-state index contributed by atoms with van der Waals surface area (Å²) in [5, 5.41) is 11.5. The molecule has 1 atom stereocenters. The van der Waals surface area contributed by atoms with Crippen LogP contribution in [-0.2, 0) is 21.7 Å². The molecule has 0 aliphatic carbocycles. The summed E-state index contributed by atoms with van der Waals surface area (Å²) in [5.74, 6) is -0.762. The lowest BCUT2D eigenvalue weighted by Gasteiger charge is -2.22. The first-order valence-electron chi connectivity index (χ1n) is 7.40. The van der Waals surface area contributed by atoms with Crippen molar-refractivity contribution in [3.63, 3.8) is 0 Å². The van der Waals surface area contributed by atoms with Gasteiger partial charge in [0.25, 0.3) is 5.91 Å². The van der Waals surface area contributed by atoms with Gasteiger partial charge in [0.1, 0.15) is 5.78 Å². The van der Waals surface area contributed by atoms with Gasteiger partial charge in [0.15, 0.2) is 5.60 Å².